The summed E-state index contributed by atoms with van der Waals surface area (Å²) in [5.41, 5.74) is 4.03. The lowest BCUT2D eigenvalue weighted by molar-refractivity contribution is -0.113. The first-order valence-electron chi connectivity index (χ1n) is 13.4. The molecular formula is C31H33N5O3S. The lowest BCUT2D eigenvalue weighted by Gasteiger charge is -2.29. The molecule has 8 nitrogen and oxygen atoms in total. The van der Waals surface area contributed by atoms with E-state index in [0.29, 0.717) is 40.5 Å². The van der Waals surface area contributed by atoms with Gasteiger partial charge in [0.1, 0.15) is 6.04 Å². The topological polar surface area (TPSA) is 90.3 Å². The van der Waals surface area contributed by atoms with Crippen molar-refractivity contribution in [3.05, 3.63) is 101 Å². The number of hydrogen-bond donors (Lipinski definition) is 2. The monoisotopic (exact) mass is 555 g/mol. The van der Waals surface area contributed by atoms with Crippen LogP contribution in [0, 0.1) is 0 Å². The Balaban J connectivity index is 1.47. The number of anilines is 2. The van der Waals surface area contributed by atoms with Crippen LogP contribution in [0.15, 0.2) is 95.3 Å². The third kappa shape index (κ3) is 6.15. The van der Waals surface area contributed by atoms with Crippen LogP contribution in [0.2, 0.25) is 0 Å². The first-order chi connectivity index (χ1) is 19.6. The van der Waals surface area contributed by atoms with Crippen LogP contribution >= 0.6 is 11.8 Å². The van der Waals surface area contributed by atoms with Crippen LogP contribution in [-0.4, -0.2) is 40.1 Å². The van der Waals surface area contributed by atoms with Gasteiger partial charge in [-0.25, -0.2) is 4.68 Å². The number of carbonyl (C=O) groups is 1. The fraction of sp³-hybridized carbons (Fsp3) is 0.258. The van der Waals surface area contributed by atoms with Gasteiger partial charge in [-0.15, -0.1) is 5.10 Å². The van der Waals surface area contributed by atoms with Gasteiger partial charge in [-0.05, 0) is 48.7 Å². The van der Waals surface area contributed by atoms with Crippen LogP contribution < -0.4 is 20.1 Å². The molecule has 1 unspecified atom stereocenters. The maximum absolute atomic E-state index is 13.7. The van der Waals surface area contributed by atoms with E-state index in [9.17, 15) is 4.79 Å². The fourth-order valence-electron chi connectivity index (χ4n) is 4.61. The van der Waals surface area contributed by atoms with Crippen molar-refractivity contribution in [2.75, 3.05) is 30.1 Å². The Morgan fingerprint density at radius 3 is 2.52 bits per heavy atom. The van der Waals surface area contributed by atoms with Crippen molar-refractivity contribution in [2.45, 2.75) is 37.9 Å². The van der Waals surface area contributed by atoms with Crippen molar-refractivity contribution in [1.29, 1.82) is 0 Å². The molecule has 1 aromatic heterocycles. The molecule has 0 aliphatic carbocycles. The van der Waals surface area contributed by atoms with E-state index in [0.717, 1.165) is 29.8 Å². The van der Waals surface area contributed by atoms with Gasteiger partial charge in [0.2, 0.25) is 11.1 Å². The van der Waals surface area contributed by atoms with Gasteiger partial charge in [-0.3, -0.25) is 4.79 Å². The highest BCUT2D eigenvalue weighted by atomic mass is 32.2. The summed E-state index contributed by atoms with van der Waals surface area (Å²) in [6, 6.07) is 24.9. The number of allylic oxidation sites excluding steroid dienone is 1. The number of amides is 1. The maximum atomic E-state index is 13.7. The zero-order valence-electron chi connectivity index (χ0n) is 22.9. The van der Waals surface area contributed by atoms with Gasteiger partial charge in [0.25, 0.3) is 5.91 Å². The third-order valence-electron chi connectivity index (χ3n) is 6.54. The predicted molar refractivity (Wildman–Crippen MR) is 159 cm³/mol. The largest absolute Gasteiger partial charge is 0.493 e. The van der Waals surface area contributed by atoms with Crippen LogP contribution in [-0.2, 0) is 11.2 Å². The number of nitrogens with one attached hydrogen (secondary N) is 2. The molecule has 0 saturated carbocycles. The van der Waals surface area contributed by atoms with Crippen molar-refractivity contribution in [1.82, 2.24) is 14.8 Å². The average molecular weight is 556 g/mol. The number of methoxy groups -OCH3 is 1. The number of carbonyl (C=O) groups excluding carboxylic acids is 1. The molecule has 0 saturated heterocycles. The van der Waals surface area contributed by atoms with Gasteiger partial charge in [0.15, 0.2) is 11.5 Å². The van der Waals surface area contributed by atoms with Crippen molar-refractivity contribution in [2.24, 2.45) is 0 Å². The van der Waals surface area contributed by atoms with Gasteiger partial charge >= 0.3 is 0 Å². The summed E-state index contributed by atoms with van der Waals surface area (Å²) in [7, 11) is 1.62. The van der Waals surface area contributed by atoms with E-state index in [-0.39, 0.29) is 5.91 Å². The number of benzene rings is 3. The van der Waals surface area contributed by atoms with E-state index in [4.69, 9.17) is 19.6 Å². The number of para-hydroxylation sites is 1. The lowest BCUT2D eigenvalue weighted by Crippen LogP contribution is -2.31. The molecule has 2 heterocycles. The smallest absolute Gasteiger partial charge is 0.255 e. The summed E-state index contributed by atoms with van der Waals surface area (Å²) >= 11 is 1.60. The Labute approximate surface area is 238 Å². The minimum atomic E-state index is -0.518. The Morgan fingerprint density at radius 2 is 1.80 bits per heavy atom. The summed E-state index contributed by atoms with van der Waals surface area (Å²) in [5.74, 6) is 2.52. The number of aromatic nitrogens is 3. The van der Waals surface area contributed by atoms with Crippen LogP contribution in [0.4, 0.5) is 11.6 Å². The average Bonchev–Trinajstić information content (AvgIpc) is 3.38. The number of nitrogens with zero attached hydrogens (tertiary/aromatic N) is 3. The Morgan fingerprint density at radius 1 is 1.05 bits per heavy atom. The molecule has 9 heteroatoms. The standard InChI is InChI=1S/C31H33N5O3S/c1-4-19-40-31-34-30-32-21(2)27(29(37)33-24-13-9-6-10-14-24)28(36(30)35-31)23-15-16-25(26(20-23)38-3)39-18-17-22-11-7-5-8-12-22/h5-16,20,28H,4,17-19H2,1-3H3,(H,33,37)(H,32,34,35). The normalized spacial score (nSPS) is 14.3. The Bertz CT molecular complexity index is 1490. The molecule has 1 atom stereocenters. The number of thioether (sulfide) groups is 1. The summed E-state index contributed by atoms with van der Waals surface area (Å²) < 4.78 is 13.6. The predicted octanol–water partition coefficient (Wildman–Crippen LogP) is 6.34. The molecule has 0 radical (unpaired) electrons. The van der Waals surface area contributed by atoms with Crippen molar-refractivity contribution >= 4 is 29.3 Å². The van der Waals surface area contributed by atoms with Crippen molar-refractivity contribution in [3.63, 3.8) is 0 Å². The minimum Gasteiger partial charge on any atom is -0.493 e. The van der Waals surface area contributed by atoms with E-state index in [1.165, 1.54) is 5.56 Å². The molecule has 4 aromatic rings. The summed E-state index contributed by atoms with van der Waals surface area (Å²) in [4.78, 5) is 18.4. The SMILES string of the molecule is CCCSc1nc2n(n1)C(c1ccc(OCCc3ccccc3)c(OC)c1)C(C(=O)Nc1ccccc1)=C(C)N2. The molecule has 0 spiro atoms. The van der Waals surface area contributed by atoms with Crippen molar-refractivity contribution in [3.8, 4) is 11.5 Å². The minimum absolute atomic E-state index is 0.215. The highest BCUT2D eigenvalue weighted by Gasteiger charge is 2.35. The van der Waals surface area contributed by atoms with Crippen molar-refractivity contribution < 1.29 is 14.3 Å². The molecule has 40 heavy (non-hydrogen) atoms. The molecule has 1 amide bonds. The summed E-state index contributed by atoms with van der Waals surface area (Å²) in [6.07, 6.45) is 1.79. The van der Waals surface area contributed by atoms with E-state index in [2.05, 4.69) is 29.7 Å². The highest BCUT2D eigenvalue weighted by molar-refractivity contribution is 7.99. The van der Waals surface area contributed by atoms with E-state index >= 15 is 0 Å². The molecule has 3 aromatic carbocycles. The second-order valence-electron chi connectivity index (χ2n) is 9.39. The number of ether oxygens (including phenoxy) is 2. The Kier molecular flexibility index (Phi) is 8.71. The fourth-order valence-corrected chi connectivity index (χ4v) is 5.29. The van der Waals surface area contributed by atoms with Gasteiger partial charge < -0.3 is 20.1 Å². The van der Waals surface area contributed by atoms with E-state index < -0.39 is 6.04 Å². The summed E-state index contributed by atoms with van der Waals surface area (Å²) in [5, 5.41) is 11.8. The van der Waals surface area contributed by atoms with Crippen LogP contribution in [0.3, 0.4) is 0 Å². The molecular weight excluding hydrogens is 522 g/mol. The molecule has 206 valence electrons. The zero-order chi connectivity index (χ0) is 27.9. The van der Waals surface area contributed by atoms with Crippen LogP contribution in [0.25, 0.3) is 0 Å². The third-order valence-corrected chi connectivity index (χ3v) is 7.58. The molecule has 2 N–H and O–H groups in total. The van der Waals surface area contributed by atoms with Gasteiger partial charge in [-0.1, -0.05) is 73.3 Å². The molecule has 0 fully saturated rings. The first-order valence-corrected chi connectivity index (χ1v) is 14.3. The Hall–Kier alpha value is -4.24. The number of rotatable bonds is 11. The summed E-state index contributed by atoms with van der Waals surface area (Å²) in [6.45, 7) is 4.53. The molecule has 1 aliphatic heterocycles. The molecule has 0 bridgehead atoms. The zero-order valence-corrected chi connectivity index (χ0v) is 23.7. The number of hydrogen-bond acceptors (Lipinski definition) is 7. The maximum Gasteiger partial charge on any atom is 0.255 e. The van der Waals surface area contributed by atoms with Gasteiger partial charge in [-0.2, -0.15) is 4.98 Å². The quantitative estimate of drug-likeness (QED) is 0.209. The lowest BCUT2D eigenvalue weighted by atomic mass is 9.94. The second kappa shape index (κ2) is 12.7. The molecule has 5 rings (SSSR count). The first kappa shape index (κ1) is 27.3. The molecule has 1 aliphatic rings. The van der Waals surface area contributed by atoms with E-state index in [1.54, 1.807) is 23.6 Å². The number of fused-ring (bicyclic) bond motifs is 1. The highest BCUT2D eigenvalue weighted by Crippen LogP contribution is 2.40. The second-order valence-corrected chi connectivity index (χ2v) is 10.5. The van der Waals surface area contributed by atoms with E-state index in [1.807, 2.05) is 73.7 Å². The van der Waals surface area contributed by atoms with Gasteiger partial charge in [0.05, 0.1) is 19.3 Å². The van der Waals surface area contributed by atoms with Crippen LogP contribution in [0.5, 0.6) is 11.5 Å². The van der Waals surface area contributed by atoms with Crippen LogP contribution in [0.1, 0.15) is 37.4 Å². The van der Waals surface area contributed by atoms with Gasteiger partial charge in [0, 0.05) is 23.6 Å².